The number of para-hydroxylation sites is 2. The monoisotopic (exact) mass is 613 g/mol. The topological polar surface area (TPSA) is 183 Å². The van der Waals surface area contributed by atoms with Crippen molar-refractivity contribution in [3.05, 3.63) is 101 Å². The lowest BCUT2D eigenvalue weighted by Crippen LogP contribution is -2.68. The minimum atomic E-state index is -4.28. The van der Waals surface area contributed by atoms with E-state index < -0.39 is 38.1 Å². The maximum Gasteiger partial charge on any atom is 0.262 e. The van der Waals surface area contributed by atoms with Crippen molar-refractivity contribution in [3.63, 3.8) is 0 Å². The van der Waals surface area contributed by atoms with E-state index in [-0.39, 0.29) is 27.5 Å². The van der Waals surface area contributed by atoms with E-state index in [1.165, 1.54) is 43.7 Å². The van der Waals surface area contributed by atoms with Gasteiger partial charge >= 0.3 is 0 Å². The molecule has 0 amide bonds. The van der Waals surface area contributed by atoms with E-state index in [2.05, 4.69) is 4.72 Å². The van der Waals surface area contributed by atoms with Gasteiger partial charge in [-0.1, -0.05) is 51.1 Å². The molecule has 0 saturated carbocycles. The summed E-state index contributed by atoms with van der Waals surface area (Å²) in [5.74, 6) is -1.03. The highest BCUT2D eigenvalue weighted by Gasteiger charge is 2.61. The van der Waals surface area contributed by atoms with Gasteiger partial charge in [-0.3, -0.25) is 15.5 Å². The van der Waals surface area contributed by atoms with Crippen molar-refractivity contribution in [3.8, 4) is 11.5 Å². The molecule has 4 rings (SSSR count). The van der Waals surface area contributed by atoms with Crippen LogP contribution in [-0.4, -0.2) is 38.4 Å². The molecule has 0 fully saturated rings. The molecule has 0 saturated heterocycles. The van der Waals surface area contributed by atoms with E-state index in [1.54, 1.807) is 36.4 Å². The van der Waals surface area contributed by atoms with Gasteiger partial charge in [0.15, 0.2) is 11.5 Å². The Morgan fingerprint density at radius 2 is 1.60 bits per heavy atom. The Balaban J connectivity index is 1.90. The largest absolute Gasteiger partial charge is 0.493 e. The van der Waals surface area contributed by atoms with E-state index in [9.17, 15) is 8.42 Å². The number of nitrogens with two attached hydrogens (primary N) is 2. The quantitative estimate of drug-likeness (QED) is 0.207. The molecule has 2 heterocycles. The smallest absolute Gasteiger partial charge is 0.262 e. The first-order chi connectivity index (χ1) is 19.7. The van der Waals surface area contributed by atoms with Crippen molar-refractivity contribution < 1.29 is 27.4 Å². The first kappa shape index (κ1) is 30.5. The van der Waals surface area contributed by atoms with Crippen LogP contribution in [0.1, 0.15) is 26.3 Å². The van der Waals surface area contributed by atoms with Gasteiger partial charge in [0.25, 0.3) is 10.0 Å². The maximum atomic E-state index is 13.7. The molecule has 0 bridgehead atoms. The van der Waals surface area contributed by atoms with Gasteiger partial charge < -0.3 is 30.4 Å². The zero-order valence-corrected chi connectivity index (χ0v) is 25.0. The molecule has 2 aliphatic rings. The van der Waals surface area contributed by atoms with E-state index in [0.29, 0.717) is 5.75 Å². The molecule has 42 heavy (non-hydrogen) atoms. The number of nitrogens with one attached hydrogen (secondary N) is 3. The lowest BCUT2D eigenvalue weighted by atomic mass is 9.77. The number of ether oxygens (including phenoxy) is 4. The number of halogens is 1. The van der Waals surface area contributed by atoms with Crippen LogP contribution < -0.4 is 25.7 Å². The van der Waals surface area contributed by atoms with Crippen LogP contribution in [0.3, 0.4) is 0 Å². The first-order valence-electron chi connectivity index (χ1n) is 12.6. The molecule has 2 aliphatic heterocycles. The van der Waals surface area contributed by atoms with Crippen LogP contribution in [-0.2, 0) is 24.9 Å². The third kappa shape index (κ3) is 5.42. The third-order valence-corrected chi connectivity index (χ3v) is 8.33. The fourth-order valence-electron chi connectivity index (χ4n) is 4.42. The molecular weight excluding hydrogens is 582 g/mol. The van der Waals surface area contributed by atoms with Crippen LogP contribution in [0.15, 0.2) is 101 Å². The maximum absolute atomic E-state index is 13.7. The number of hydrogen-bond donors (Lipinski definition) is 5. The van der Waals surface area contributed by atoms with Crippen LogP contribution in [0.2, 0.25) is 0 Å². The predicted octanol–water partition coefficient (Wildman–Crippen LogP) is 4.12. The summed E-state index contributed by atoms with van der Waals surface area (Å²) in [6.45, 7) is 6.04. The molecule has 13 heteroatoms. The number of rotatable bonds is 9. The van der Waals surface area contributed by atoms with Gasteiger partial charge in [0.1, 0.15) is 11.7 Å². The Labute approximate surface area is 249 Å². The van der Waals surface area contributed by atoms with Gasteiger partial charge in [0.05, 0.1) is 24.0 Å². The van der Waals surface area contributed by atoms with Crippen LogP contribution in [0.5, 0.6) is 11.5 Å². The summed E-state index contributed by atoms with van der Waals surface area (Å²) in [7, 11) is -2.84. The van der Waals surface area contributed by atoms with Crippen LogP contribution in [0, 0.1) is 10.8 Å². The van der Waals surface area contributed by atoms with Gasteiger partial charge in [0, 0.05) is 0 Å². The summed E-state index contributed by atoms with van der Waals surface area (Å²) in [4.78, 5) is -0.0536. The SMILES string of the molecule is COc1ccccc1OC1=C(Cl)OC(C(=N)N)(C2(C(=N)N)C=CC=CO2)C=C1NS(=O)(=O)c1ccc(C(C)(C)C)cc1. The Morgan fingerprint density at radius 3 is 2.12 bits per heavy atom. The average Bonchev–Trinajstić information content (AvgIpc) is 2.94. The molecule has 7 N–H and O–H groups in total. The van der Waals surface area contributed by atoms with Gasteiger partial charge in [-0.2, -0.15) is 0 Å². The summed E-state index contributed by atoms with van der Waals surface area (Å²) in [6, 6.07) is 13.0. The number of methoxy groups -OCH3 is 1. The fourth-order valence-corrected chi connectivity index (χ4v) is 5.73. The van der Waals surface area contributed by atoms with E-state index in [0.717, 1.165) is 11.6 Å². The van der Waals surface area contributed by atoms with Crippen molar-refractivity contribution in [2.75, 3.05) is 7.11 Å². The average molecular weight is 614 g/mol. The first-order valence-corrected chi connectivity index (χ1v) is 14.5. The molecule has 222 valence electrons. The molecule has 2 atom stereocenters. The Hall–Kier alpha value is -4.42. The predicted molar refractivity (Wildman–Crippen MR) is 160 cm³/mol. The lowest BCUT2D eigenvalue weighted by molar-refractivity contribution is -0.0356. The summed E-state index contributed by atoms with van der Waals surface area (Å²) in [5, 5.41) is 16.4. The summed E-state index contributed by atoms with van der Waals surface area (Å²) >= 11 is 6.64. The molecule has 2 aromatic rings. The van der Waals surface area contributed by atoms with Crippen molar-refractivity contribution >= 4 is 33.3 Å². The summed E-state index contributed by atoms with van der Waals surface area (Å²) < 4.78 is 53.1. The van der Waals surface area contributed by atoms with Crippen LogP contribution in [0.4, 0.5) is 0 Å². The summed E-state index contributed by atoms with van der Waals surface area (Å²) in [6.07, 6.45) is 6.80. The highest BCUT2D eigenvalue weighted by atomic mass is 35.5. The van der Waals surface area contributed by atoms with E-state index in [4.69, 9.17) is 52.8 Å². The van der Waals surface area contributed by atoms with Gasteiger partial charge in [-0.25, -0.2) is 8.42 Å². The minimum absolute atomic E-state index is 0.0536. The molecule has 2 aromatic carbocycles. The lowest BCUT2D eigenvalue weighted by Gasteiger charge is -2.46. The van der Waals surface area contributed by atoms with Crippen molar-refractivity contribution in [2.24, 2.45) is 11.5 Å². The molecular formula is C29H32ClN5O6S. The zero-order chi connectivity index (χ0) is 30.9. The van der Waals surface area contributed by atoms with E-state index >= 15 is 0 Å². The van der Waals surface area contributed by atoms with Crippen LogP contribution in [0.25, 0.3) is 0 Å². The third-order valence-electron chi connectivity index (χ3n) is 6.70. The molecule has 11 nitrogen and oxygen atoms in total. The zero-order valence-electron chi connectivity index (χ0n) is 23.4. The van der Waals surface area contributed by atoms with Gasteiger partial charge in [-0.05, 0) is 65.1 Å². The molecule has 0 aromatic heterocycles. The van der Waals surface area contributed by atoms with Gasteiger partial charge in [0.2, 0.25) is 22.2 Å². The highest BCUT2D eigenvalue weighted by molar-refractivity contribution is 7.89. The van der Waals surface area contributed by atoms with Crippen molar-refractivity contribution in [1.29, 1.82) is 10.8 Å². The highest BCUT2D eigenvalue weighted by Crippen LogP contribution is 2.44. The summed E-state index contributed by atoms with van der Waals surface area (Å²) in [5.41, 5.74) is 8.31. The van der Waals surface area contributed by atoms with Gasteiger partial charge in [-0.15, -0.1) is 0 Å². The number of amidine groups is 2. The standard InChI is InChI=1S/C29H32ClN5O6S/c1-27(2,3)18-11-13-19(14-12-18)42(36,37)35-20-17-29(26(33)34,28(25(31)32)15-7-8-16-39-28)41-24(30)23(20)40-22-10-6-5-9-21(22)38-4/h5-17,35H,1-4H3,(H3,31,32)(H3,33,34). The Bertz CT molecular complexity index is 1640. The second-order valence-electron chi connectivity index (χ2n) is 10.5. The Kier molecular flexibility index (Phi) is 8.07. The number of allylic oxidation sites excluding steroid dienone is 2. The van der Waals surface area contributed by atoms with Crippen molar-refractivity contribution in [1.82, 2.24) is 4.72 Å². The van der Waals surface area contributed by atoms with Crippen LogP contribution >= 0.6 is 11.6 Å². The van der Waals surface area contributed by atoms with Crippen molar-refractivity contribution in [2.45, 2.75) is 42.3 Å². The minimum Gasteiger partial charge on any atom is -0.493 e. The fraction of sp³-hybridized carbons (Fsp3) is 0.241. The number of hydrogen-bond acceptors (Lipinski definition) is 8. The number of benzene rings is 2. The Morgan fingerprint density at radius 1 is 0.976 bits per heavy atom. The normalized spacial score (nSPS) is 22.0. The van der Waals surface area contributed by atoms with E-state index in [1.807, 2.05) is 20.8 Å². The molecule has 0 radical (unpaired) electrons. The molecule has 0 spiro atoms. The second-order valence-corrected chi connectivity index (χ2v) is 12.5. The molecule has 2 unspecified atom stereocenters. The second kappa shape index (κ2) is 11.1. The molecule has 0 aliphatic carbocycles. The number of sulfonamides is 1.